The van der Waals surface area contributed by atoms with E-state index < -0.39 is 0 Å². The molecule has 0 heterocycles. The molecule has 0 saturated carbocycles. The summed E-state index contributed by atoms with van der Waals surface area (Å²) in [5, 5.41) is 0. The second kappa shape index (κ2) is 3.46. The fraction of sp³-hybridized carbons (Fsp3) is 0.385. The highest BCUT2D eigenvalue weighted by molar-refractivity contribution is 5.76. The number of rotatable bonds is 2. The van der Waals surface area contributed by atoms with Crippen LogP contribution in [0.2, 0.25) is 0 Å². The lowest BCUT2D eigenvalue weighted by Crippen LogP contribution is -2.24. The molecule has 2 N–H and O–H groups in total. The topological polar surface area (TPSA) is 26.0 Å². The molecule has 2 rings (SSSR count). The first-order valence-electron chi connectivity index (χ1n) is 5.24. The van der Waals surface area contributed by atoms with E-state index in [0.29, 0.717) is 6.54 Å². The Balaban J connectivity index is 2.46. The van der Waals surface area contributed by atoms with E-state index in [1.807, 2.05) is 6.07 Å². The van der Waals surface area contributed by atoms with Crippen LogP contribution in [0.4, 0.5) is 4.39 Å². The molecule has 0 amide bonds. The van der Waals surface area contributed by atoms with Gasteiger partial charge in [-0.1, -0.05) is 26.0 Å². The summed E-state index contributed by atoms with van der Waals surface area (Å²) in [5.74, 6) is -0.172. The summed E-state index contributed by atoms with van der Waals surface area (Å²) in [6.45, 7) is 4.77. The van der Waals surface area contributed by atoms with E-state index in [2.05, 4.69) is 19.9 Å². The Morgan fingerprint density at radius 3 is 2.80 bits per heavy atom. The van der Waals surface area contributed by atoms with Crippen LogP contribution in [0.15, 0.2) is 24.3 Å². The first-order valence-corrected chi connectivity index (χ1v) is 5.24. The SMILES string of the molecule is CC(C)(CN)C1=CCc2ccc(F)cc21. The molecule has 0 aromatic heterocycles. The number of fused-ring (bicyclic) bond motifs is 1. The minimum absolute atomic E-state index is 0.0704. The molecule has 0 fully saturated rings. The largest absolute Gasteiger partial charge is 0.330 e. The molecule has 0 spiro atoms. The molecule has 1 aliphatic rings. The zero-order valence-corrected chi connectivity index (χ0v) is 9.18. The molecule has 1 aromatic carbocycles. The molecule has 15 heavy (non-hydrogen) atoms. The predicted molar refractivity (Wildman–Crippen MR) is 60.9 cm³/mol. The van der Waals surface area contributed by atoms with Crippen LogP contribution in [0.1, 0.15) is 25.0 Å². The van der Waals surface area contributed by atoms with Crippen LogP contribution in [0.3, 0.4) is 0 Å². The van der Waals surface area contributed by atoms with E-state index in [0.717, 1.165) is 12.0 Å². The van der Waals surface area contributed by atoms with Gasteiger partial charge in [0.15, 0.2) is 0 Å². The summed E-state index contributed by atoms with van der Waals surface area (Å²) >= 11 is 0. The summed E-state index contributed by atoms with van der Waals surface area (Å²) in [4.78, 5) is 0. The molecule has 0 saturated heterocycles. The lowest BCUT2D eigenvalue weighted by molar-refractivity contribution is 0.516. The van der Waals surface area contributed by atoms with Crippen LogP contribution in [0, 0.1) is 11.2 Å². The van der Waals surface area contributed by atoms with Crippen LogP contribution in [0.5, 0.6) is 0 Å². The Bertz CT molecular complexity index is 419. The van der Waals surface area contributed by atoms with Crippen molar-refractivity contribution < 1.29 is 4.39 Å². The third kappa shape index (κ3) is 1.70. The van der Waals surface area contributed by atoms with Crippen LogP contribution < -0.4 is 5.73 Å². The molecule has 1 aliphatic carbocycles. The van der Waals surface area contributed by atoms with E-state index in [9.17, 15) is 4.39 Å². The summed E-state index contributed by atoms with van der Waals surface area (Å²) in [6.07, 6.45) is 3.06. The number of hydrogen-bond donors (Lipinski definition) is 1. The van der Waals surface area contributed by atoms with Crippen LogP contribution in [-0.2, 0) is 6.42 Å². The van der Waals surface area contributed by atoms with Gasteiger partial charge in [0.25, 0.3) is 0 Å². The van der Waals surface area contributed by atoms with Crippen molar-refractivity contribution in [2.24, 2.45) is 11.1 Å². The van der Waals surface area contributed by atoms with Crippen molar-refractivity contribution in [3.63, 3.8) is 0 Å². The molecule has 2 heteroatoms. The molecule has 80 valence electrons. The summed E-state index contributed by atoms with van der Waals surface area (Å²) in [6, 6.07) is 5.00. The van der Waals surface area contributed by atoms with Gasteiger partial charge in [-0.2, -0.15) is 0 Å². The van der Waals surface area contributed by atoms with Crippen molar-refractivity contribution in [3.8, 4) is 0 Å². The zero-order chi connectivity index (χ0) is 11.1. The van der Waals surface area contributed by atoms with Gasteiger partial charge in [-0.15, -0.1) is 0 Å². The maximum absolute atomic E-state index is 13.2. The van der Waals surface area contributed by atoms with Gasteiger partial charge in [0.1, 0.15) is 5.82 Å². The highest BCUT2D eigenvalue weighted by Crippen LogP contribution is 2.39. The fourth-order valence-corrected chi connectivity index (χ4v) is 2.05. The summed E-state index contributed by atoms with van der Waals surface area (Å²) < 4.78 is 13.2. The number of hydrogen-bond acceptors (Lipinski definition) is 1. The van der Waals surface area contributed by atoms with E-state index in [4.69, 9.17) is 5.73 Å². The third-order valence-corrected chi connectivity index (χ3v) is 3.13. The maximum Gasteiger partial charge on any atom is 0.123 e. The standard InChI is InChI=1S/C13H16FN/c1-13(2,8-15)12-6-4-9-3-5-10(14)7-11(9)12/h3,5-7H,4,8,15H2,1-2H3. The summed E-state index contributed by atoms with van der Waals surface area (Å²) in [7, 11) is 0. The molecular formula is C13H16FN. The van der Waals surface area contributed by atoms with Crippen LogP contribution in [0.25, 0.3) is 5.57 Å². The van der Waals surface area contributed by atoms with E-state index in [1.54, 1.807) is 6.07 Å². The van der Waals surface area contributed by atoms with Gasteiger partial charge >= 0.3 is 0 Å². The van der Waals surface area contributed by atoms with Gasteiger partial charge in [0.2, 0.25) is 0 Å². The highest BCUT2D eigenvalue weighted by Gasteiger charge is 2.27. The van der Waals surface area contributed by atoms with Crippen LogP contribution in [-0.4, -0.2) is 6.54 Å². The first kappa shape index (κ1) is 10.4. The Hall–Kier alpha value is -1.15. The summed E-state index contributed by atoms with van der Waals surface area (Å²) in [5.41, 5.74) is 9.09. The van der Waals surface area contributed by atoms with Crippen molar-refractivity contribution in [1.29, 1.82) is 0 Å². The Morgan fingerprint density at radius 2 is 2.13 bits per heavy atom. The van der Waals surface area contributed by atoms with E-state index >= 15 is 0 Å². The number of halogens is 1. The zero-order valence-electron chi connectivity index (χ0n) is 9.18. The smallest absolute Gasteiger partial charge is 0.123 e. The Labute approximate surface area is 89.8 Å². The Kier molecular flexibility index (Phi) is 2.39. The molecule has 0 atom stereocenters. The predicted octanol–water partition coefficient (Wildman–Crippen LogP) is 2.75. The highest BCUT2D eigenvalue weighted by atomic mass is 19.1. The number of allylic oxidation sites excluding steroid dienone is 1. The van der Waals surface area contributed by atoms with Gasteiger partial charge in [-0.05, 0) is 35.3 Å². The lowest BCUT2D eigenvalue weighted by atomic mass is 9.81. The molecule has 0 unspecified atom stereocenters. The van der Waals surface area contributed by atoms with Crippen molar-refractivity contribution in [1.82, 2.24) is 0 Å². The van der Waals surface area contributed by atoms with Gasteiger partial charge in [-0.3, -0.25) is 0 Å². The maximum atomic E-state index is 13.2. The van der Waals surface area contributed by atoms with E-state index in [1.165, 1.54) is 17.2 Å². The average molecular weight is 205 g/mol. The lowest BCUT2D eigenvalue weighted by Gasteiger charge is -2.25. The van der Waals surface area contributed by atoms with Gasteiger partial charge in [0, 0.05) is 12.0 Å². The van der Waals surface area contributed by atoms with Crippen molar-refractivity contribution in [2.75, 3.05) is 6.54 Å². The average Bonchev–Trinajstić information content (AvgIpc) is 2.61. The van der Waals surface area contributed by atoms with Gasteiger partial charge in [0.05, 0.1) is 0 Å². The third-order valence-electron chi connectivity index (χ3n) is 3.13. The quantitative estimate of drug-likeness (QED) is 0.789. The van der Waals surface area contributed by atoms with Crippen LogP contribution >= 0.6 is 0 Å². The van der Waals surface area contributed by atoms with Crippen molar-refractivity contribution in [2.45, 2.75) is 20.3 Å². The molecule has 1 nitrogen and oxygen atoms in total. The van der Waals surface area contributed by atoms with Gasteiger partial charge in [-0.25, -0.2) is 4.39 Å². The fourth-order valence-electron chi connectivity index (χ4n) is 2.05. The second-order valence-corrected chi connectivity index (χ2v) is 4.71. The monoisotopic (exact) mass is 205 g/mol. The minimum Gasteiger partial charge on any atom is -0.330 e. The molecule has 1 aromatic rings. The van der Waals surface area contributed by atoms with Crippen molar-refractivity contribution >= 4 is 5.57 Å². The molecule has 0 aliphatic heterocycles. The molecule has 0 bridgehead atoms. The van der Waals surface area contributed by atoms with E-state index in [-0.39, 0.29) is 11.2 Å². The molecular weight excluding hydrogens is 189 g/mol. The number of benzene rings is 1. The Morgan fingerprint density at radius 1 is 1.40 bits per heavy atom. The number of nitrogens with two attached hydrogens (primary N) is 1. The second-order valence-electron chi connectivity index (χ2n) is 4.71. The minimum atomic E-state index is -0.172. The molecule has 0 radical (unpaired) electrons. The first-order chi connectivity index (χ1) is 7.04. The normalized spacial score (nSPS) is 15.1. The van der Waals surface area contributed by atoms with Crippen molar-refractivity contribution in [3.05, 3.63) is 41.2 Å². The van der Waals surface area contributed by atoms with Gasteiger partial charge < -0.3 is 5.73 Å².